The zero-order valence-electron chi connectivity index (χ0n) is 16.9. The van der Waals surface area contributed by atoms with E-state index in [0.717, 1.165) is 17.5 Å². The lowest BCUT2D eigenvalue weighted by atomic mass is 9.86. The van der Waals surface area contributed by atoms with Crippen LogP contribution < -0.4 is 0 Å². The third-order valence-electron chi connectivity index (χ3n) is 5.68. The number of hydrogen-bond acceptors (Lipinski definition) is 0. The van der Waals surface area contributed by atoms with Crippen molar-refractivity contribution in [2.75, 3.05) is 0 Å². The molecule has 0 unspecified atom stereocenters. The number of rotatable bonds is 4. The van der Waals surface area contributed by atoms with Crippen molar-refractivity contribution >= 4 is 34.0 Å². The average Bonchev–Trinajstić information content (AvgIpc) is 2.81. The quantitative estimate of drug-likeness (QED) is 0.262. The van der Waals surface area contributed by atoms with Crippen LogP contribution in [0.15, 0.2) is 109 Å². The lowest BCUT2D eigenvalue weighted by Gasteiger charge is -2.18. The first kappa shape index (κ1) is 19.9. The Kier molecular flexibility index (Phi) is 5.51. The molecule has 0 N–H and O–H groups in total. The molecular weight excluding hydrogens is 419 g/mol. The second-order valence-corrected chi connectivity index (χ2v) is 8.47. The lowest BCUT2D eigenvalue weighted by Crippen LogP contribution is -1.95. The maximum Gasteiger partial charge on any atom is 0.0598 e. The van der Waals surface area contributed by atoms with E-state index >= 15 is 0 Å². The van der Waals surface area contributed by atoms with E-state index in [9.17, 15) is 0 Å². The van der Waals surface area contributed by atoms with Crippen molar-refractivity contribution in [3.8, 4) is 22.3 Å². The van der Waals surface area contributed by atoms with Gasteiger partial charge in [0.2, 0.25) is 0 Å². The molecule has 0 aliphatic carbocycles. The smallest absolute Gasteiger partial charge is 0.0598 e. The topological polar surface area (TPSA) is 0 Å². The number of benzene rings is 5. The Morgan fingerprint density at radius 2 is 1.26 bits per heavy atom. The minimum absolute atomic E-state index is 0.566. The van der Waals surface area contributed by atoms with Crippen LogP contribution >= 0.6 is 23.2 Å². The monoisotopic (exact) mass is 438 g/mol. The molecule has 0 aliphatic heterocycles. The van der Waals surface area contributed by atoms with Crippen LogP contribution in [0.4, 0.5) is 0 Å². The van der Waals surface area contributed by atoms with Gasteiger partial charge in [0.15, 0.2) is 0 Å². The standard InChI is InChI=1S/C29H20Cl2/c30-27-17-16-22(19-28(27)31)24-11-6-7-13-26(24)29-23(18-20-8-2-1-3-9-20)15-14-21-10-4-5-12-25(21)29/h1-17,19H,18H2. The first-order valence-corrected chi connectivity index (χ1v) is 11.1. The molecule has 0 atom stereocenters. The van der Waals surface area contributed by atoms with Crippen molar-refractivity contribution in [1.29, 1.82) is 0 Å². The Morgan fingerprint density at radius 1 is 0.548 bits per heavy atom. The summed E-state index contributed by atoms with van der Waals surface area (Å²) < 4.78 is 0. The van der Waals surface area contributed by atoms with Crippen molar-refractivity contribution in [2.24, 2.45) is 0 Å². The van der Waals surface area contributed by atoms with Crippen molar-refractivity contribution in [1.82, 2.24) is 0 Å². The highest BCUT2D eigenvalue weighted by molar-refractivity contribution is 6.42. The van der Waals surface area contributed by atoms with Gasteiger partial charge in [-0.15, -0.1) is 0 Å². The minimum Gasteiger partial charge on any atom is -0.0827 e. The Hall–Kier alpha value is -3.06. The van der Waals surface area contributed by atoms with Gasteiger partial charge >= 0.3 is 0 Å². The summed E-state index contributed by atoms with van der Waals surface area (Å²) in [5, 5.41) is 3.62. The molecule has 150 valence electrons. The normalized spacial score (nSPS) is 11.0. The molecule has 5 aromatic carbocycles. The molecule has 2 heteroatoms. The summed E-state index contributed by atoms with van der Waals surface area (Å²) in [6.45, 7) is 0. The molecule has 5 rings (SSSR count). The van der Waals surface area contributed by atoms with E-state index < -0.39 is 0 Å². The van der Waals surface area contributed by atoms with Gasteiger partial charge < -0.3 is 0 Å². The Balaban J connectivity index is 1.77. The Labute approximate surface area is 192 Å². The molecule has 0 spiro atoms. The second-order valence-electron chi connectivity index (χ2n) is 7.66. The summed E-state index contributed by atoms with van der Waals surface area (Å²) in [4.78, 5) is 0. The van der Waals surface area contributed by atoms with Crippen LogP contribution in [0.3, 0.4) is 0 Å². The molecule has 0 aliphatic rings. The third kappa shape index (κ3) is 3.97. The molecule has 31 heavy (non-hydrogen) atoms. The maximum absolute atomic E-state index is 6.36. The molecule has 0 bridgehead atoms. The van der Waals surface area contributed by atoms with Crippen LogP contribution in [-0.4, -0.2) is 0 Å². The van der Waals surface area contributed by atoms with Gasteiger partial charge in [-0.05, 0) is 62.7 Å². The highest BCUT2D eigenvalue weighted by atomic mass is 35.5. The van der Waals surface area contributed by atoms with Crippen molar-refractivity contribution in [3.05, 3.63) is 130 Å². The predicted octanol–water partition coefficient (Wildman–Crippen LogP) is 9.07. The fraction of sp³-hybridized carbons (Fsp3) is 0.0345. The Morgan fingerprint density at radius 3 is 2.06 bits per heavy atom. The second kappa shape index (κ2) is 8.59. The van der Waals surface area contributed by atoms with E-state index in [4.69, 9.17) is 23.2 Å². The number of halogens is 2. The number of fused-ring (bicyclic) bond motifs is 1. The molecule has 0 aromatic heterocycles. The van der Waals surface area contributed by atoms with Gasteiger partial charge in [0.1, 0.15) is 0 Å². The summed E-state index contributed by atoms with van der Waals surface area (Å²) in [5.74, 6) is 0. The molecule has 0 nitrogen and oxygen atoms in total. The summed E-state index contributed by atoms with van der Waals surface area (Å²) in [6.07, 6.45) is 0.872. The molecule has 0 saturated carbocycles. The van der Waals surface area contributed by atoms with Gasteiger partial charge in [0.25, 0.3) is 0 Å². The van der Waals surface area contributed by atoms with Gasteiger partial charge in [0, 0.05) is 0 Å². The van der Waals surface area contributed by atoms with Crippen LogP contribution in [-0.2, 0) is 6.42 Å². The fourth-order valence-electron chi connectivity index (χ4n) is 4.21. The van der Waals surface area contributed by atoms with E-state index in [-0.39, 0.29) is 0 Å². The van der Waals surface area contributed by atoms with Crippen molar-refractivity contribution in [2.45, 2.75) is 6.42 Å². The highest BCUT2D eigenvalue weighted by Gasteiger charge is 2.15. The van der Waals surface area contributed by atoms with E-state index in [0.29, 0.717) is 10.0 Å². The van der Waals surface area contributed by atoms with Gasteiger partial charge in [-0.1, -0.05) is 120 Å². The number of hydrogen-bond donors (Lipinski definition) is 0. The predicted molar refractivity (Wildman–Crippen MR) is 134 cm³/mol. The van der Waals surface area contributed by atoms with Crippen LogP contribution in [0.25, 0.3) is 33.0 Å². The van der Waals surface area contributed by atoms with E-state index in [2.05, 4.69) is 91.0 Å². The van der Waals surface area contributed by atoms with Gasteiger partial charge in [-0.2, -0.15) is 0 Å². The molecule has 5 aromatic rings. The largest absolute Gasteiger partial charge is 0.0827 e. The molecule has 0 radical (unpaired) electrons. The molecule has 0 saturated heterocycles. The minimum atomic E-state index is 0.566. The third-order valence-corrected chi connectivity index (χ3v) is 6.42. The molecular formula is C29H20Cl2. The SMILES string of the molecule is Clc1ccc(-c2ccccc2-c2c(Cc3ccccc3)ccc3ccccc23)cc1Cl. The zero-order valence-corrected chi connectivity index (χ0v) is 18.4. The molecule has 0 amide bonds. The Bertz CT molecular complexity index is 1370. The van der Waals surface area contributed by atoms with Crippen molar-refractivity contribution in [3.63, 3.8) is 0 Å². The van der Waals surface area contributed by atoms with Crippen LogP contribution in [0.2, 0.25) is 10.0 Å². The summed E-state index contributed by atoms with van der Waals surface area (Å²) >= 11 is 12.6. The van der Waals surface area contributed by atoms with E-state index in [1.54, 1.807) is 0 Å². The summed E-state index contributed by atoms with van der Waals surface area (Å²) in [5.41, 5.74) is 7.27. The van der Waals surface area contributed by atoms with Crippen LogP contribution in [0.5, 0.6) is 0 Å². The summed E-state index contributed by atoms with van der Waals surface area (Å²) in [6, 6.07) is 38.1. The van der Waals surface area contributed by atoms with Crippen molar-refractivity contribution < 1.29 is 0 Å². The maximum atomic E-state index is 6.36. The lowest BCUT2D eigenvalue weighted by molar-refractivity contribution is 1.20. The van der Waals surface area contributed by atoms with E-state index in [1.165, 1.54) is 33.0 Å². The molecule has 0 heterocycles. The zero-order chi connectivity index (χ0) is 21.2. The molecule has 0 fully saturated rings. The highest BCUT2D eigenvalue weighted by Crippen LogP contribution is 2.40. The van der Waals surface area contributed by atoms with Crippen LogP contribution in [0, 0.1) is 0 Å². The summed E-state index contributed by atoms with van der Waals surface area (Å²) in [7, 11) is 0. The van der Waals surface area contributed by atoms with E-state index in [1.807, 2.05) is 18.2 Å². The van der Waals surface area contributed by atoms with Gasteiger partial charge in [-0.25, -0.2) is 0 Å². The van der Waals surface area contributed by atoms with Gasteiger partial charge in [0.05, 0.1) is 10.0 Å². The first-order valence-electron chi connectivity index (χ1n) is 10.3. The van der Waals surface area contributed by atoms with Gasteiger partial charge in [-0.3, -0.25) is 0 Å². The van der Waals surface area contributed by atoms with Crippen LogP contribution in [0.1, 0.15) is 11.1 Å². The first-order chi connectivity index (χ1) is 15.2. The fourth-order valence-corrected chi connectivity index (χ4v) is 4.51. The average molecular weight is 439 g/mol.